The molecule has 1 heterocycles. The average Bonchev–Trinajstić information content (AvgIpc) is 2.81. The number of anilines is 1. The van der Waals surface area contributed by atoms with Crippen molar-refractivity contribution in [2.24, 2.45) is 0 Å². The van der Waals surface area contributed by atoms with Gasteiger partial charge in [0, 0.05) is 17.1 Å². The molecular weight excluding hydrogens is 360 g/mol. The Balaban J connectivity index is 2.20. The number of nitrogens with two attached hydrogens (primary N) is 1. The van der Waals surface area contributed by atoms with E-state index in [1.54, 1.807) is 34.4 Å². The first kappa shape index (κ1) is 15.4. The SMILES string of the molecule is CCN(Cc1ccc(Br)s1)C(=O)c1ccc(N)cc1Cl. The fourth-order valence-electron chi connectivity index (χ4n) is 1.83. The quantitative estimate of drug-likeness (QED) is 0.807. The summed E-state index contributed by atoms with van der Waals surface area (Å²) in [7, 11) is 0. The van der Waals surface area contributed by atoms with Crippen LogP contribution in [0.5, 0.6) is 0 Å². The number of hydrogen-bond acceptors (Lipinski definition) is 3. The van der Waals surface area contributed by atoms with Crippen LogP contribution in [0.25, 0.3) is 0 Å². The van der Waals surface area contributed by atoms with Crippen molar-refractivity contribution in [1.82, 2.24) is 4.90 Å². The predicted octanol–water partition coefficient (Wildman–Crippen LogP) is 4.41. The number of thiophene rings is 1. The van der Waals surface area contributed by atoms with Crippen LogP contribution < -0.4 is 5.73 Å². The van der Waals surface area contributed by atoms with Crippen molar-refractivity contribution >= 4 is 50.5 Å². The molecular formula is C14H14BrClN2OS. The van der Waals surface area contributed by atoms with Gasteiger partial charge in [-0.2, -0.15) is 0 Å². The first-order valence-corrected chi connectivity index (χ1v) is 8.08. The molecule has 106 valence electrons. The molecule has 3 nitrogen and oxygen atoms in total. The molecule has 2 rings (SSSR count). The number of nitrogen functional groups attached to an aromatic ring is 1. The Morgan fingerprint density at radius 3 is 2.70 bits per heavy atom. The van der Waals surface area contributed by atoms with E-state index in [9.17, 15) is 4.79 Å². The molecule has 2 N–H and O–H groups in total. The zero-order valence-electron chi connectivity index (χ0n) is 10.9. The monoisotopic (exact) mass is 372 g/mol. The van der Waals surface area contributed by atoms with Gasteiger partial charge in [0.15, 0.2) is 0 Å². The molecule has 0 bridgehead atoms. The molecule has 0 aliphatic carbocycles. The van der Waals surface area contributed by atoms with E-state index in [1.807, 2.05) is 19.1 Å². The van der Waals surface area contributed by atoms with Gasteiger partial charge in [0.1, 0.15) is 0 Å². The van der Waals surface area contributed by atoms with Crippen LogP contribution in [0.4, 0.5) is 5.69 Å². The van der Waals surface area contributed by atoms with E-state index in [4.69, 9.17) is 17.3 Å². The standard InChI is InChI=1S/C14H14BrClN2OS/c1-2-18(8-10-4-6-13(15)20-10)14(19)11-5-3-9(17)7-12(11)16/h3-7H,2,8,17H2,1H3. The van der Waals surface area contributed by atoms with Crippen molar-refractivity contribution in [2.75, 3.05) is 12.3 Å². The van der Waals surface area contributed by atoms with Crippen molar-refractivity contribution in [3.8, 4) is 0 Å². The summed E-state index contributed by atoms with van der Waals surface area (Å²) in [5.41, 5.74) is 6.69. The Morgan fingerprint density at radius 1 is 1.40 bits per heavy atom. The van der Waals surface area contributed by atoms with Crippen molar-refractivity contribution in [3.63, 3.8) is 0 Å². The third-order valence-electron chi connectivity index (χ3n) is 2.87. The zero-order valence-corrected chi connectivity index (χ0v) is 14.1. The molecule has 0 fully saturated rings. The number of rotatable bonds is 4. The second-order valence-corrected chi connectivity index (χ2v) is 7.22. The van der Waals surface area contributed by atoms with Crippen LogP contribution in [0.15, 0.2) is 34.1 Å². The van der Waals surface area contributed by atoms with Gasteiger partial charge in [0.05, 0.1) is 20.9 Å². The third kappa shape index (κ3) is 3.53. The summed E-state index contributed by atoms with van der Waals surface area (Å²) in [5, 5.41) is 0.390. The molecule has 1 aromatic carbocycles. The number of carbonyl (C=O) groups excluding carboxylic acids is 1. The Kier molecular flexibility index (Phi) is 5.07. The molecule has 0 aliphatic rings. The highest BCUT2D eigenvalue weighted by Gasteiger charge is 2.18. The van der Waals surface area contributed by atoms with Gasteiger partial charge < -0.3 is 10.6 Å². The molecule has 6 heteroatoms. The summed E-state index contributed by atoms with van der Waals surface area (Å²) >= 11 is 11.1. The lowest BCUT2D eigenvalue weighted by molar-refractivity contribution is 0.0754. The van der Waals surface area contributed by atoms with Gasteiger partial charge in [-0.1, -0.05) is 11.6 Å². The summed E-state index contributed by atoms with van der Waals surface area (Å²) in [6, 6.07) is 8.95. The minimum absolute atomic E-state index is 0.0815. The minimum atomic E-state index is -0.0815. The number of carbonyl (C=O) groups is 1. The van der Waals surface area contributed by atoms with Crippen LogP contribution in [0.1, 0.15) is 22.2 Å². The fraction of sp³-hybridized carbons (Fsp3) is 0.214. The second kappa shape index (κ2) is 6.61. The highest BCUT2D eigenvalue weighted by molar-refractivity contribution is 9.11. The van der Waals surface area contributed by atoms with Crippen LogP contribution in [-0.2, 0) is 6.54 Å². The van der Waals surface area contributed by atoms with Gasteiger partial charge >= 0.3 is 0 Å². The molecule has 1 aromatic heterocycles. The highest BCUT2D eigenvalue weighted by atomic mass is 79.9. The van der Waals surface area contributed by atoms with E-state index >= 15 is 0 Å². The Bertz CT molecular complexity index is 629. The first-order chi connectivity index (χ1) is 9.51. The molecule has 0 aliphatic heterocycles. The number of halogens is 2. The van der Waals surface area contributed by atoms with Crippen LogP contribution in [0, 0.1) is 0 Å². The van der Waals surface area contributed by atoms with E-state index in [2.05, 4.69) is 15.9 Å². The average molecular weight is 374 g/mol. The molecule has 2 aromatic rings. The minimum Gasteiger partial charge on any atom is -0.399 e. The summed E-state index contributed by atoms with van der Waals surface area (Å²) < 4.78 is 1.06. The maximum Gasteiger partial charge on any atom is 0.255 e. The Morgan fingerprint density at radius 2 is 2.15 bits per heavy atom. The van der Waals surface area contributed by atoms with E-state index in [-0.39, 0.29) is 5.91 Å². The van der Waals surface area contributed by atoms with E-state index < -0.39 is 0 Å². The molecule has 1 amide bonds. The second-order valence-electron chi connectivity index (χ2n) is 4.26. The molecule has 0 radical (unpaired) electrons. The predicted molar refractivity (Wildman–Crippen MR) is 88.3 cm³/mol. The van der Waals surface area contributed by atoms with Gasteiger partial charge in [-0.05, 0) is 53.2 Å². The van der Waals surface area contributed by atoms with Crippen LogP contribution in [0.3, 0.4) is 0 Å². The van der Waals surface area contributed by atoms with Gasteiger partial charge in [-0.3, -0.25) is 4.79 Å². The fourth-order valence-corrected chi connectivity index (χ4v) is 3.60. The summed E-state index contributed by atoms with van der Waals surface area (Å²) in [4.78, 5) is 15.4. The largest absolute Gasteiger partial charge is 0.399 e. The highest BCUT2D eigenvalue weighted by Crippen LogP contribution is 2.25. The Hall–Kier alpha value is -1.04. The number of amides is 1. The first-order valence-electron chi connectivity index (χ1n) is 6.09. The number of benzene rings is 1. The normalized spacial score (nSPS) is 10.6. The van der Waals surface area contributed by atoms with Crippen LogP contribution in [0.2, 0.25) is 5.02 Å². The topological polar surface area (TPSA) is 46.3 Å². The summed E-state index contributed by atoms with van der Waals surface area (Å²) in [5.74, 6) is -0.0815. The van der Waals surface area contributed by atoms with E-state index in [0.29, 0.717) is 29.4 Å². The number of nitrogens with zero attached hydrogens (tertiary/aromatic N) is 1. The van der Waals surface area contributed by atoms with Crippen molar-refractivity contribution in [2.45, 2.75) is 13.5 Å². The van der Waals surface area contributed by atoms with Gasteiger partial charge in [-0.15, -0.1) is 11.3 Å². The summed E-state index contributed by atoms with van der Waals surface area (Å²) in [6.45, 7) is 3.15. The maximum atomic E-state index is 12.5. The Labute approximate surface area is 135 Å². The smallest absolute Gasteiger partial charge is 0.255 e. The lowest BCUT2D eigenvalue weighted by Crippen LogP contribution is -2.30. The van der Waals surface area contributed by atoms with E-state index in [1.165, 1.54) is 0 Å². The van der Waals surface area contributed by atoms with E-state index in [0.717, 1.165) is 8.66 Å². The lowest BCUT2D eigenvalue weighted by Gasteiger charge is -2.20. The lowest BCUT2D eigenvalue weighted by atomic mass is 10.1. The molecule has 20 heavy (non-hydrogen) atoms. The molecule has 0 unspecified atom stereocenters. The number of hydrogen-bond donors (Lipinski definition) is 1. The molecule has 0 spiro atoms. The third-order valence-corrected chi connectivity index (χ3v) is 4.79. The van der Waals surface area contributed by atoms with Gasteiger partial charge in [0.2, 0.25) is 0 Å². The molecule has 0 atom stereocenters. The molecule has 0 saturated carbocycles. The van der Waals surface area contributed by atoms with Crippen molar-refractivity contribution in [1.29, 1.82) is 0 Å². The van der Waals surface area contributed by atoms with Gasteiger partial charge in [0.25, 0.3) is 5.91 Å². The van der Waals surface area contributed by atoms with Crippen LogP contribution in [-0.4, -0.2) is 17.4 Å². The van der Waals surface area contributed by atoms with Gasteiger partial charge in [-0.25, -0.2) is 0 Å². The maximum absolute atomic E-state index is 12.5. The molecule has 0 saturated heterocycles. The zero-order chi connectivity index (χ0) is 14.7. The van der Waals surface area contributed by atoms with Crippen LogP contribution >= 0.6 is 38.9 Å². The van der Waals surface area contributed by atoms with Crippen molar-refractivity contribution < 1.29 is 4.79 Å². The van der Waals surface area contributed by atoms with Crippen molar-refractivity contribution in [3.05, 3.63) is 49.6 Å². The summed E-state index contributed by atoms with van der Waals surface area (Å²) in [6.07, 6.45) is 0.